The van der Waals surface area contributed by atoms with Gasteiger partial charge in [-0.2, -0.15) is 0 Å². The molecule has 0 spiro atoms. The third-order valence-electron chi connectivity index (χ3n) is 6.91. The molecule has 2 aliphatic rings. The van der Waals surface area contributed by atoms with Crippen LogP contribution in [-0.4, -0.2) is 45.7 Å². The van der Waals surface area contributed by atoms with Crippen LogP contribution in [0, 0.1) is 5.92 Å². The molecule has 1 amide bonds. The van der Waals surface area contributed by atoms with Gasteiger partial charge in [0.25, 0.3) is 0 Å². The van der Waals surface area contributed by atoms with E-state index in [0.29, 0.717) is 16.9 Å². The molecule has 2 aliphatic heterocycles. The number of Topliss-reactive ketones (excluding diaryl/α,β-unsaturated/α-hetero) is 1. The van der Waals surface area contributed by atoms with Gasteiger partial charge < -0.3 is 19.5 Å². The Bertz CT molecular complexity index is 867. The molecule has 0 aliphatic carbocycles. The molecule has 0 bridgehead atoms. The predicted octanol–water partition coefficient (Wildman–Crippen LogP) is 3.92. The summed E-state index contributed by atoms with van der Waals surface area (Å²) in [7, 11) is 0. The Balaban J connectivity index is 2.22. The summed E-state index contributed by atoms with van der Waals surface area (Å²) in [6.07, 6.45) is 0.696. The van der Waals surface area contributed by atoms with E-state index in [2.05, 4.69) is 0 Å². The molecule has 1 fully saturated rings. The normalized spacial score (nSPS) is 31.7. The molecule has 2 heterocycles. The van der Waals surface area contributed by atoms with Crippen LogP contribution in [0.3, 0.4) is 0 Å². The number of ketones is 1. The van der Waals surface area contributed by atoms with Crippen molar-refractivity contribution in [2.75, 3.05) is 0 Å². The largest absolute Gasteiger partial charge is 0.482 e. The third kappa shape index (κ3) is 3.60. The zero-order valence-corrected chi connectivity index (χ0v) is 19.6. The fourth-order valence-corrected chi connectivity index (χ4v) is 5.15. The number of aliphatic hydroxyl groups is 1. The van der Waals surface area contributed by atoms with Crippen LogP contribution in [0.1, 0.15) is 66.9 Å². The molecule has 6 heteroatoms. The van der Waals surface area contributed by atoms with Gasteiger partial charge in [0.1, 0.15) is 17.8 Å². The number of benzene rings is 1. The molecule has 1 aromatic rings. The second kappa shape index (κ2) is 8.40. The van der Waals surface area contributed by atoms with Crippen LogP contribution in [0.4, 0.5) is 0 Å². The predicted molar refractivity (Wildman–Crippen MR) is 118 cm³/mol. The SMILES string of the molecule is CCC(C)N(C(=O)C1C(C)(O)O[C@H]2C(C(C)=O)=C(C)O[C@@]12c1ccccc1)C(C)CC. The van der Waals surface area contributed by atoms with E-state index in [1.165, 1.54) is 13.8 Å². The summed E-state index contributed by atoms with van der Waals surface area (Å²) in [6, 6.07) is 9.30. The van der Waals surface area contributed by atoms with Crippen LogP contribution < -0.4 is 0 Å². The van der Waals surface area contributed by atoms with Crippen LogP contribution >= 0.6 is 0 Å². The highest BCUT2D eigenvalue weighted by Gasteiger charge is 2.71. The Morgan fingerprint density at radius 3 is 2.16 bits per heavy atom. The number of carbonyl (C=O) groups is 2. The molecule has 0 aromatic heterocycles. The quantitative estimate of drug-likeness (QED) is 0.711. The standard InChI is InChI=1S/C25H35NO5/c1-8-15(3)26(16(4)9-2)23(28)21-24(7,29)31-22-20(17(5)27)18(6)30-25(21,22)19-13-11-10-12-14-19/h10-16,21-22,29H,8-9H2,1-7H3/t15?,16?,21?,22-,24?,25-/m0/s1. The minimum atomic E-state index is -1.81. The van der Waals surface area contributed by atoms with Gasteiger partial charge in [0.15, 0.2) is 17.2 Å². The number of carbonyl (C=O) groups excluding carboxylic acids is 2. The summed E-state index contributed by atoms with van der Waals surface area (Å²) < 4.78 is 12.5. The van der Waals surface area contributed by atoms with E-state index in [1.807, 2.05) is 62.9 Å². The Morgan fingerprint density at radius 1 is 1.13 bits per heavy atom. The van der Waals surface area contributed by atoms with Gasteiger partial charge in [-0.1, -0.05) is 44.2 Å². The molecule has 0 saturated carbocycles. The summed E-state index contributed by atoms with van der Waals surface area (Å²) in [5.41, 5.74) is -0.232. The summed E-state index contributed by atoms with van der Waals surface area (Å²) in [5.74, 6) is -2.82. The molecule has 1 aromatic carbocycles. The number of hydrogen-bond donors (Lipinski definition) is 1. The number of ether oxygens (including phenoxy) is 2. The van der Waals surface area contributed by atoms with Crippen molar-refractivity contribution in [2.24, 2.45) is 5.92 Å². The summed E-state index contributed by atoms with van der Waals surface area (Å²) in [5, 5.41) is 11.4. The first-order chi connectivity index (χ1) is 14.5. The zero-order chi connectivity index (χ0) is 23.1. The van der Waals surface area contributed by atoms with Crippen molar-refractivity contribution in [1.29, 1.82) is 0 Å². The average Bonchev–Trinajstić information content (AvgIpc) is 3.12. The highest BCUT2D eigenvalue weighted by atomic mass is 16.7. The fourth-order valence-electron chi connectivity index (χ4n) is 5.15. The van der Waals surface area contributed by atoms with E-state index < -0.39 is 23.4 Å². The number of nitrogens with zero attached hydrogens (tertiary/aromatic N) is 1. The van der Waals surface area contributed by atoms with E-state index in [9.17, 15) is 14.7 Å². The minimum Gasteiger partial charge on any atom is -0.482 e. The van der Waals surface area contributed by atoms with Gasteiger partial charge in [-0.3, -0.25) is 9.59 Å². The van der Waals surface area contributed by atoms with E-state index >= 15 is 0 Å². The first kappa shape index (κ1) is 23.5. The fraction of sp³-hybridized carbons (Fsp3) is 0.600. The lowest BCUT2D eigenvalue weighted by Crippen LogP contribution is -2.57. The summed E-state index contributed by atoms with van der Waals surface area (Å²) >= 11 is 0. The average molecular weight is 430 g/mol. The van der Waals surface area contributed by atoms with Crippen LogP contribution in [0.2, 0.25) is 0 Å². The van der Waals surface area contributed by atoms with Crippen molar-refractivity contribution in [3.8, 4) is 0 Å². The topological polar surface area (TPSA) is 76.1 Å². The molecule has 4 unspecified atom stereocenters. The molecule has 31 heavy (non-hydrogen) atoms. The van der Waals surface area contributed by atoms with Gasteiger partial charge in [0.2, 0.25) is 5.91 Å². The number of allylic oxidation sites excluding steroid dienone is 1. The van der Waals surface area contributed by atoms with Crippen molar-refractivity contribution in [1.82, 2.24) is 4.90 Å². The Labute approximate surface area is 185 Å². The molecule has 170 valence electrons. The molecular weight excluding hydrogens is 394 g/mol. The van der Waals surface area contributed by atoms with Gasteiger partial charge in [-0.15, -0.1) is 0 Å². The number of amides is 1. The maximum atomic E-state index is 14.2. The molecule has 6 nitrogen and oxygen atoms in total. The first-order valence-corrected chi connectivity index (χ1v) is 11.2. The Hall–Kier alpha value is -2.18. The van der Waals surface area contributed by atoms with E-state index in [1.54, 1.807) is 6.92 Å². The highest BCUT2D eigenvalue weighted by Crippen LogP contribution is 2.58. The molecule has 1 N–H and O–H groups in total. The highest BCUT2D eigenvalue weighted by molar-refractivity contribution is 5.96. The zero-order valence-electron chi connectivity index (χ0n) is 19.6. The van der Waals surface area contributed by atoms with Crippen molar-refractivity contribution in [3.63, 3.8) is 0 Å². The smallest absolute Gasteiger partial charge is 0.236 e. The lowest BCUT2D eigenvalue weighted by molar-refractivity contribution is -0.202. The van der Waals surface area contributed by atoms with E-state index in [-0.39, 0.29) is 23.8 Å². The van der Waals surface area contributed by atoms with Crippen LogP contribution in [-0.2, 0) is 24.7 Å². The second-order valence-corrected chi connectivity index (χ2v) is 9.03. The van der Waals surface area contributed by atoms with Gasteiger partial charge >= 0.3 is 0 Å². The van der Waals surface area contributed by atoms with Crippen LogP contribution in [0.15, 0.2) is 41.7 Å². The third-order valence-corrected chi connectivity index (χ3v) is 6.91. The van der Waals surface area contributed by atoms with Crippen molar-refractivity contribution in [3.05, 3.63) is 47.2 Å². The van der Waals surface area contributed by atoms with Gasteiger partial charge in [0.05, 0.1) is 5.57 Å². The number of rotatable bonds is 7. The maximum Gasteiger partial charge on any atom is 0.236 e. The van der Waals surface area contributed by atoms with Gasteiger partial charge in [0, 0.05) is 12.1 Å². The first-order valence-electron chi connectivity index (χ1n) is 11.2. The molecule has 6 atom stereocenters. The molecule has 3 rings (SSSR count). The van der Waals surface area contributed by atoms with Gasteiger partial charge in [-0.25, -0.2) is 0 Å². The lowest BCUT2D eigenvalue weighted by Gasteiger charge is -2.42. The van der Waals surface area contributed by atoms with E-state index in [0.717, 1.165) is 12.8 Å². The Morgan fingerprint density at radius 2 is 1.68 bits per heavy atom. The van der Waals surface area contributed by atoms with Gasteiger partial charge in [-0.05, 0) is 53.0 Å². The number of hydrogen-bond acceptors (Lipinski definition) is 5. The van der Waals surface area contributed by atoms with Crippen molar-refractivity contribution >= 4 is 11.7 Å². The second-order valence-electron chi connectivity index (χ2n) is 9.03. The minimum absolute atomic E-state index is 0.0205. The van der Waals surface area contributed by atoms with Crippen LogP contribution in [0.5, 0.6) is 0 Å². The van der Waals surface area contributed by atoms with Crippen molar-refractivity contribution in [2.45, 2.75) is 90.9 Å². The van der Waals surface area contributed by atoms with E-state index in [4.69, 9.17) is 9.47 Å². The van der Waals surface area contributed by atoms with Crippen LogP contribution in [0.25, 0.3) is 0 Å². The number of fused-ring (bicyclic) bond motifs is 1. The monoisotopic (exact) mass is 429 g/mol. The van der Waals surface area contributed by atoms with Crippen molar-refractivity contribution < 1.29 is 24.2 Å². The Kier molecular flexibility index (Phi) is 6.36. The molecule has 1 saturated heterocycles. The maximum absolute atomic E-state index is 14.2. The summed E-state index contributed by atoms with van der Waals surface area (Å²) in [4.78, 5) is 28.5. The lowest BCUT2D eigenvalue weighted by atomic mass is 9.74. The molecular formula is C25H35NO5. The summed E-state index contributed by atoms with van der Waals surface area (Å²) in [6.45, 7) is 12.8. The molecule has 0 radical (unpaired) electrons.